The largest absolute Gasteiger partial charge is 0.497 e. The molecule has 2 saturated carbocycles. The minimum absolute atomic E-state index is 0.405. The fourth-order valence-electron chi connectivity index (χ4n) is 3.75. The third-order valence-electron chi connectivity index (χ3n) is 5.20. The lowest BCUT2D eigenvalue weighted by molar-refractivity contribution is -0.157. The molecule has 3 rings (SSSR count). The first-order chi connectivity index (χ1) is 9.69. The van der Waals surface area contributed by atoms with Crippen LogP contribution in [0.3, 0.4) is 0 Å². The Morgan fingerprint density at radius 1 is 1.35 bits per heavy atom. The molecule has 3 heteroatoms. The zero-order chi connectivity index (χ0) is 14.2. The number of benzene rings is 1. The Morgan fingerprint density at radius 3 is 2.70 bits per heavy atom. The molecule has 0 radical (unpaired) electrons. The van der Waals surface area contributed by atoms with E-state index in [4.69, 9.17) is 9.47 Å². The van der Waals surface area contributed by atoms with Crippen LogP contribution in [0.15, 0.2) is 18.2 Å². The molecule has 110 valence electrons. The maximum absolute atomic E-state index is 5.91. The minimum atomic E-state index is 0.405. The van der Waals surface area contributed by atoms with Gasteiger partial charge in [-0.05, 0) is 56.9 Å². The molecule has 1 N–H and O–H groups in total. The number of hydrogen-bond acceptors (Lipinski definition) is 3. The number of ether oxygens (including phenoxy) is 2. The van der Waals surface area contributed by atoms with E-state index in [1.807, 2.05) is 6.07 Å². The van der Waals surface area contributed by atoms with Crippen molar-refractivity contribution < 1.29 is 9.47 Å². The highest BCUT2D eigenvalue weighted by Crippen LogP contribution is 2.58. The van der Waals surface area contributed by atoms with Gasteiger partial charge in [-0.25, -0.2) is 0 Å². The van der Waals surface area contributed by atoms with Gasteiger partial charge in [0.05, 0.1) is 13.2 Å². The molecule has 2 unspecified atom stereocenters. The van der Waals surface area contributed by atoms with E-state index in [-0.39, 0.29) is 0 Å². The first kappa shape index (κ1) is 13.7. The van der Waals surface area contributed by atoms with Crippen LogP contribution in [0.1, 0.15) is 38.2 Å². The van der Waals surface area contributed by atoms with Crippen molar-refractivity contribution in [3.05, 3.63) is 23.8 Å². The Labute approximate surface area is 121 Å². The lowest BCUT2D eigenvalue weighted by Gasteiger charge is -2.61. The van der Waals surface area contributed by atoms with Crippen molar-refractivity contribution in [2.24, 2.45) is 5.41 Å². The first-order valence-electron chi connectivity index (χ1n) is 7.72. The van der Waals surface area contributed by atoms with Crippen molar-refractivity contribution >= 4 is 5.69 Å². The van der Waals surface area contributed by atoms with E-state index in [0.29, 0.717) is 17.6 Å². The van der Waals surface area contributed by atoms with Crippen molar-refractivity contribution in [3.8, 4) is 5.75 Å². The van der Waals surface area contributed by atoms with Gasteiger partial charge in [0.2, 0.25) is 0 Å². The Hall–Kier alpha value is -1.22. The zero-order valence-electron chi connectivity index (χ0n) is 12.7. The molecule has 1 aromatic carbocycles. The Kier molecular flexibility index (Phi) is 3.63. The second-order valence-electron chi connectivity index (χ2n) is 6.14. The summed E-state index contributed by atoms with van der Waals surface area (Å²) in [6.45, 7) is 5.07. The minimum Gasteiger partial charge on any atom is -0.497 e. The van der Waals surface area contributed by atoms with Gasteiger partial charge >= 0.3 is 0 Å². The SMILES string of the molecule is CCOC1CC(Nc2ccc(OC)cc2C)C12CCC2. The quantitative estimate of drug-likeness (QED) is 0.887. The first-order valence-corrected chi connectivity index (χ1v) is 7.72. The summed E-state index contributed by atoms with van der Waals surface area (Å²) in [7, 11) is 1.71. The molecule has 0 saturated heterocycles. The fraction of sp³-hybridized carbons (Fsp3) is 0.647. The summed E-state index contributed by atoms with van der Waals surface area (Å²) in [6.07, 6.45) is 5.58. The number of hydrogen-bond donors (Lipinski definition) is 1. The summed E-state index contributed by atoms with van der Waals surface area (Å²) in [5.41, 5.74) is 2.89. The van der Waals surface area contributed by atoms with Crippen LogP contribution in [0.5, 0.6) is 5.75 Å². The molecule has 0 aromatic heterocycles. The van der Waals surface area contributed by atoms with Crippen molar-refractivity contribution in [2.45, 2.75) is 51.7 Å². The second kappa shape index (κ2) is 5.28. The molecule has 20 heavy (non-hydrogen) atoms. The number of nitrogens with one attached hydrogen (secondary N) is 1. The van der Waals surface area contributed by atoms with E-state index >= 15 is 0 Å². The average Bonchev–Trinajstić information content (AvgIpc) is 2.37. The smallest absolute Gasteiger partial charge is 0.119 e. The summed E-state index contributed by atoms with van der Waals surface area (Å²) >= 11 is 0. The molecule has 0 heterocycles. The molecule has 1 spiro atoms. The van der Waals surface area contributed by atoms with Crippen LogP contribution in [0.25, 0.3) is 0 Å². The highest BCUT2D eigenvalue weighted by molar-refractivity contribution is 5.55. The maximum atomic E-state index is 5.91. The van der Waals surface area contributed by atoms with Crippen molar-refractivity contribution in [2.75, 3.05) is 19.0 Å². The van der Waals surface area contributed by atoms with Gasteiger partial charge in [0, 0.05) is 23.8 Å². The van der Waals surface area contributed by atoms with Gasteiger partial charge in [-0.15, -0.1) is 0 Å². The van der Waals surface area contributed by atoms with Crippen molar-refractivity contribution in [1.82, 2.24) is 0 Å². The van der Waals surface area contributed by atoms with Gasteiger partial charge in [-0.1, -0.05) is 6.42 Å². The molecule has 0 aliphatic heterocycles. The van der Waals surface area contributed by atoms with Crippen LogP contribution in [-0.2, 0) is 4.74 Å². The summed E-state index contributed by atoms with van der Waals surface area (Å²) in [5, 5.41) is 3.74. The van der Waals surface area contributed by atoms with E-state index in [1.54, 1.807) is 7.11 Å². The molecule has 2 fully saturated rings. The van der Waals surface area contributed by atoms with Gasteiger partial charge in [-0.2, -0.15) is 0 Å². The zero-order valence-corrected chi connectivity index (χ0v) is 12.7. The number of methoxy groups -OCH3 is 1. The standard InChI is InChI=1S/C17H25NO2/c1-4-20-16-11-15(17(16)8-5-9-17)18-14-7-6-13(19-3)10-12(14)2/h6-7,10,15-16,18H,4-5,8-9,11H2,1-3H3. The molecular weight excluding hydrogens is 250 g/mol. The number of rotatable bonds is 5. The summed E-state index contributed by atoms with van der Waals surface area (Å²) < 4.78 is 11.2. The predicted octanol–water partition coefficient (Wildman–Crippen LogP) is 3.76. The van der Waals surface area contributed by atoms with Gasteiger partial charge in [-0.3, -0.25) is 0 Å². The Morgan fingerprint density at radius 2 is 2.15 bits per heavy atom. The van der Waals surface area contributed by atoms with Gasteiger partial charge in [0.25, 0.3) is 0 Å². The van der Waals surface area contributed by atoms with Gasteiger partial charge < -0.3 is 14.8 Å². The number of aryl methyl sites for hydroxylation is 1. The van der Waals surface area contributed by atoms with E-state index in [0.717, 1.165) is 18.8 Å². The average molecular weight is 275 g/mol. The van der Waals surface area contributed by atoms with E-state index in [1.165, 1.54) is 30.5 Å². The normalized spacial score (nSPS) is 26.8. The van der Waals surface area contributed by atoms with Crippen LogP contribution in [0.4, 0.5) is 5.69 Å². The fourth-order valence-corrected chi connectivity index (χ4v) is 3.75. The van der Waals surface area contributed by atoms with Crippen molar-refractivity contribution in [1.29, 1.82) is 0 Å². The second-order valence-corrected chi connectivity index (χ2v) is 6.14. The summed E-state index contributed by atoms with van der Waals surface area (Å²) in [4.78, 5) is 0. The molecule has 3 nitrogen and oxygen atoms in total. The van der Waals surface area contributed by atoms with E-state index in [9.17, 15) is 0 Å². The molecule has 0 amide bonds. The Bertz CT molecular complexity index is 482. The number of anilines is 1. The van der Waals surface area contributed by atoms with Crippen molar-refractivity contribution in [3.63, 3.8) is 0 Å². The van der Waals surface area contributed by atoms with Crippen LogP contribution in [-0.4, -0.2) is 25.9 Å². The predicted molar refractivity (Wildman–Crippen MR) is 81.5 cm³/mol. The van der Waals surface area contributed by atoms with Crippen LogP contribution in [0, 0.1) is 12.3 Å². The topological polar surface area (TPSA) is 30.5 Å². The van der Waals surface area contributed by atoms with E-state index < -0.39 is 0 Å². The molecule has 1 aromatic rings. The lowest BCUT2D eigenvalue weighted by atomic mass is 9.51. The highest BCUT2D eigenvalue weighted by atomic mass is 16.5. The molecule has 0 bridgehead atoms. The van der Waals surface area contributed by atoms with Crippen LogP contribution < -0.4 is 10.1 Å². The molecule has 2 aliphatic carbocycles. The van der Waals surface area contributed by atoms with Crippen LogP contribution in [0.2, 0.25) is 0 Å². The summed E-state index contributed by atoms with van der Waals surface area (Å²) in [5.74, 6) is 0.923. The molecule has 2 atom stereocenters. The lowest BCUT2D eigenvalue weighted by Crippen LogP contribution is -2.64. The Balaban J connectivity index is 1.70. The highest BCUT2D eigenvalue weighted by Gasteiger charge is 2.58. The van der Waals surface area contributed by atoms with Gasteiger partial charge in [0.15, 0.2) is 0 Å². The van der Waals surface area contributed by atoms with Crippen LogP contribution >= 0.6 is 0 Å². The van der Waals surface area contributed by atoms with Gasteiger partial charge in [0.1, 0.15) is 5.75 Å². The maximum Gasteiger partial charge on any atom is 0.119 e. The monoisotopic (exact) mass is 275 g/mol. The van der Waals surface area contributed by atoms with E-state index in [2.05, 4.69) is 31.3 Å². The third kappa shape index (κ3) is 2.08. The molecule has 2 aliphatic rings. The summed E-state index contributed by atoms with van der Waals surface area (Å²) in [6, 6.07) is 6.82. The molecular formula is C17H25NO2. The third-order valence-corrected chi connectivity index (χ3v) is 5.20.